The first-order chi connectivity index (χ1) is 22.1. The van der Waals surface area contributed by atoms with Crippen molar-refractivity contribution in [1.29, 1.82) is 0 Å². The fourth-order valence-electron chi connectivity index (χ4n) is 4.12. The van der Waals surface area contributed by atoms with E-state index in [1.165, 1.54) is 54.4 Å². The zero-order valence-electron chi connectivity index (χ0n) is 26.0. The summed E-state index contributed by atoms with van der Waals surface area (Å²) in [4.78, 5) is 42.7. The molecule has 17 heteroatoms. The van der Waals surface area contributed by atoms with E-state index in [0.717, 1.165) is 0 Å². The third kappa shape index (κ3) is 7.62. The molecule has 0 bridgehead atoms. The minimum absolute atomic E-state index is 0.00356. The molecular weight excluding hydrogens is 681 g/mol. The molecule has 12 nitrogen and oxygen atoms in total. The van der Waals surface area contributed by atoms with Crippen LogP contribution in [0.3, 0.4) is 0 Å². The van der Waals surface area contributed by atoms with Gasteiger partial charge in [-0.25, -0.2) is 38.3 Å². The summed E-state index contributed by atoms with van der Waals surface area (Å²) in [6.45, 7) is 3.57. The molecule has 0 fully saturated rings. The van der Waals surface area contributed by atoms with E-state index in [1.54, 1.807) is 28.2 Å². The Kier molecular flexibility index (Phi) is 11.9. The molecule has 0 radical (unpaired) electrons. The van der Waals surface area contributed by atoms with Crippen LogP contribution in [0.25, 0.3) is 28.9 Å². The largest absolute Gasteiger partial charge is 0.464 e. The fourth-order valence-corrected chi connectivity index (χ4v) is 4.92. The summed E-state index contributed by atoms with van der Waals surface area (Å²) in [5, 5.41) is 0.319. The maximum atomic E-state index is 14.8. The number of hydrogen-bond donors (Lipinski definition) is 2. The second-order valence-corrected chi connectivity index (χ2v) is 11.0. The number of benzene rings is 2. The van der Waals surface area contributed by atoms with Gasteiger partial charge >= 0.3 is 11.9 Å². The summed E-state index contributed by atoms with van der Waals surface area (Å²) >= 11 is 17.9. The molecular formula is C30H29Cl3F2N8O4. The molecule has 4 rings (SSSR count). The zero-order chi connectivity index (χ0) is 35.3. The van der Waals surface area contributed by atoms with Gasteiger partial charge < -0.3 is 30.7 Å². The Morgan fingerprint density at radius 2 is 1.15 bits per heavy atom. The second-order valence-electron chi connectivity index (χ2n) is 9.78. The van der Waals surface area contributed by atoms with E-state index < -0.39 is 23.6 Å². The Hall–Kier alpha value is -4.79. The van der Waals surface area contributed by atoms with Crippen LogP contribution in [-0.2, 0) is 9.47 Å². The van der Waals surface area contributed by atoms with Crippen molar-refractivity contribution in [2.45, 2.75) is 0 Å². The van der Waals surface area contributed by atoms with E-state index in [4.69, 9.17) is 46.3 Å². The van der Waals surface area contributed by atoms with Gasteiger partial charge in [0.05, 0.1) is 46.8 Å². The number of esters is 2. The Balaban J connectivity index is 0.000000256. The highest BCUT2D eigenvalue weighted by Crippen LogP contribution is 2.36. The average Bonchev–Trinajstić information content (AvgIpc) is 3.01. The Labute approximate surface area is 283 Å². The van der Waals surface area contributed by atoms with Crippen LogP contribution in [0.1, 0.15) is 26.5 Å². The lowest BCUT2D eigenvalue weighted by molar-refractivity contribution is 0.0585. The lowest BCUT2D eigenvalue weighted by atomic mass is 10.1. The lowest BCUT2D eigenvalue weighted by Gasteiger charge is -2.17. The maximum absolute atomic E-state index is 14.8. The van der Waals surface area contributed by atoms with Gasteiger partial charge in [0.1, 0.15) is 16.7 Å². The topological polar surface area (TPSA) is 163 Å². The Bertz CT molecular complexity index is 1880. The van der Waals surface area contributed by atoms with Crippen molar-refractivity contribution >= 4 is 75.8 Å². The van der Waals surface area contributed by atoms with Crippen LogP contribution in [0.5, 0.6) is 0 Å². The van der Waals surface area contributed by atoms with Crippen molar-refractivity contribution < 1.29 is 27.8 Å². The van der Waals surface area contributed by atoms with Gasteiger partial charge in [0.25, 0.3) is 0 Å². The Morgan fingerprint density at radius 1 is 0.745 bits per heavy atom. The predicted molar refractivity (Wildman–Crippen MR) is 180 cm³/mol. The van der Waals surface area contributed by atoms with Crippen LogP contribution in [0.15, 0.2) is 30.8 Å². The number of hydrogen-bond acceptors (Lipinski definition) is 12. The van der Waals surface area contributed by atoms with Crippen LogP contribution in [0.2, 0.25) is 15.1 Å². The third-order valence-electron chi connectivity index (χ3n) is 6.32. The number of nitrogens with two attached hydrogens (primary N) is 2. The van der Waals surface area contributed by atoms with Crippen LogP contribution in [-0.4, -0.2) is 74.3 Å². The maximum Gasteiger partial charge on any atom is 0.358 e. The summed E-state index contributed by atoms with van der Waals surface area (Å²) in [6, 6.07) is 5.85. The summed E-state index contributed by atoms with van der Waals surface area (Å²) in [6.07, 6.45) is 1.34. The van der Waals surface area contributed by atoms with E-state index in [9.17, 15) is 18.4 Å². The summed E-state index contributed by atoms with van der Waals surface area (Å²) in [7, 11) is 8.98. The molecule has 0 unspecified atom stereocenters. The molecule has 0 saturated carbocycles. The van der Waals surface area contributed by atoms with Gasteiger partial charge in [-0.1, -0.05) is 47.5 Å². The van der Waals surface area contributed by atoms with Gasteiger partial charge in [-0.3, -0.25) is 0 Å². The van der Waals surface area contributed by atoms with Gasteiger partial charge in [-0.2, -0.15) is 0 Å². The van der Waals surface area contributed by atoms with Crippen molar-refractivity contribution in [1.82, 2.24) is 19.9 Å². The molecule has 47 heavy (non-hydrogen) atoms. The van der Waals surface area contributed by atoms with E-state index >= 15 is 0 Å². The number of nitrogens with zero attached hydrogens (tertiary/aromatic N) is 6. The highest BCUT2D eigenvalue weighted by atomic mass is 35.5. The molecule has 0 aliphatic heterocycles. The molecule has 4 aromatic rings. The minimum atomic E-state index is -0.799. The van der Waals surface area contributed by atoms with Gasteiger partial charge in [-0.05, 0) is 24.3 Å². The quantitative estimate of drug-likeness (QED) is 0.214. The third-order valence-corrected chi connectivity index (χ3v) is 7.31. The smallest absolute Gasteiger partial charge is 0.358 e. The number of methoxy groups -OCH3 is 2. The van der Waals surface area contributed by atoms with Gasteiger partial charge in [0, 0.05) is 33.8 Å². The van der Waals surface area contributed by atoms with Crippen LogP contribution in [0.4, 0.5) is 31.8 Å². The number of halogens is 5. The second kappa shape index (κ2) is 15.2. The molecule has 4 N–H and O–H groups in total. The number of nitrogen functional groups attached to an aromatic ring is 2. The standard InChI is InChI=1S/C16H16ClFN4O2.C14H13Cl2FN4O2/c1-5-8-12(16(23)24-4)20-15(21-14(8)19)9-6-7-10(17)13(11(9)18)22(2)3;1-21(2)11-7(15)5-4-6(9(11)17)13-19-10(14(22)23-3)8(16)12(18)20-13/h5-7H,1H2,2-4H3,(H2,19,20,21);4-5H,1-3H3,(H2,18,19,20). The van der Waals surface area contributed by atoms with E-state index in [0.29, 0.717) is 0 Å². The summed E-state index contributed by atoms with van der Waals surface area (Å²) in [5.74, 6) is -3.07. The molecule has 0 spiro atoms. The molecule has 0 saturated heterocycles. The number of ether oxygens (including phenoxy) is 2. The molecule has 0 aliphatic rings. The number of rotatable bonds is 7. The average molecular weight is 710 g/mol. The van der Waals surface area contributed by atoms with Crippen molar-refractivity contribution in [3.8, 4) is 22.8 Å². The molecule has 2 aromatic carbocycles. The molecule has 2 aromatic heterocycles. The molecule has 2 heterocycles. The number of anilines is 4. The fraction of sp³-hybridized carbons (Fsp3) is 0.200. The number of aromatic nitrogens is 4. The summed E-state index contributed by atoms with van der Waals surface area (Å²) in [5.41, 5.74) is 11.9. The van der Waals surface area contributed by atoms with Crippen LogP contribution < -0.4 is 21.3 Å². The van der Waals surface area contributed by atoms with Crippen LogP contribution in [0, 0.1) is 11.6 Å². The van der Waals surface area contributed by atoms with Crippen molar-refractivity contribution in [3.63, 3.8) is 0 Å². The lowest BCUT2D eigenvalue weighted by Crippen LogP contribution is -2.14. The van der Waals surface area contributed by atoms with Gasteiger partial charge in [0.15, 0.2) is 34.7 Å². The Morgan fingerprint density at radius 3 is 1.55 bits per heavy atom. The molecule has 0 amide bonds. The normalized spacial score (nSPS) is 10.4. The van der Waals surface area contributed by atoms with E-state index in [2.05, 4.69) is 36.0 Å². The minimum Gasteiger partial charge on any atom is -0.464 e. The first kappa shape index (κ1) is 36.7. The first-order valence-electron chi connectivity index (χ1n) is 13.2. The first-order valence-corrected chi connectivity index (χ1v) is 14.3. The molecule has 0 atom stereocenters. The predicted octanol–water partition coefficient (Wildman–Crippen LogP) is 6.04. The highest BCUT2D eigenvalue weighted by molar-refractivity contribution is 6.35. The monoisotopic (exact) mass is 708 g/mol. The highest BCUT2D eigenvalue weighted by Gasteiger charge is 2.24. The number of carbonyl (C=O) groups is 2. The van der Waals surface area contributed by atoms with E-state index in [1.807, 2.05) is 0 Å². The molecule has 248 valence electrons. The van der Waals surface area contributed by atoms with Crippen molar-refractivity contribution in [3.05, 3.63) is 74.5 Å². The van der Waals surface area contributed by atoms with Gasteiger partial charge in [0.2, 0.25) is 0 Å². The van der Waals surface area contributed by atoms with Crippen molar-refractivity contribution in [2.75, 3.05) is 63.7 Å². The van der Waals surface area contributed by atoms with Gasteiger partial charge in [-0.15, -0.1) is 0 Å². The summed E-state index contributed by atoms with van der Waals surface area (Å²) < 4.78 is 38.8. The van der Waals surface area contributed by atoms with Crippen LogP contribution >= 0.6 is 34.8 Å². The van der Waals surface area contributed by atoms with E-state index in [-0.39, 0.29) is 77.8 Å². The zero-order valence-corrected chi connectivity index (χ0v) is 28.2. The number of carbonyl (C=O) groups excluding carboxylic acids is 2. The SMILES string of the molecule is C=Cc1c(N)nc(-c2ccc(Cl)c(N(C)C)c2F)nc1C(=O)OC.COC(=O)c1nc(-c2ccc(Cl)c(N(C)C)c2F)nc(N)c1Cl. The molecule has 0 aliphatic carbocycles. The van der Waals surface area contributed by atoms with Crippen molar-refractivity contribution in [2.24, 2.45) is 0 Å².